The Morgan fingerprint density at radius 2 is 1.74 bits per heavy atom. The number of ether oxygens (including phenoxy) is 1. The molecule has 134 valence electrons. The average molecular weight is 379 g/mol. The molecule has 7 nitrogen and oxygen atoms in total. The fourth-order valence-electron chi connectivity index (χ4n) is 2.47. The highest BCUT2D eigenvalue weighted by atomic mass is 32.1. The number of nitrogens with zero attached hydrogens (tertiary/aromatic N) is 2. The van der Waals surface area contributed by atoms with Crippen molar-refractivity contribution in [3.63, 3.8) is 0 Å². The van der Waals surface area contributed by atoms with Crippen molar-refractivity contribution >= 4 is 33.4 Å². The minimum atomic E-state index is -1.01. The van der Waals surface area contributed by atoms with E-state index in [-0.39, 0.29) is 10.8 Å². The SMILES string of the molecule is O=C(Nn1ncc2cc(C(=O)O)sc21)c1ccc(Oc2ccccc2)cc1. The molecular weight excluding hydrogens is 366 g/mol. The summed E-state index contributed by atoms with van der Waals surface area (Å²) in [7, 11) is 0. The monoisotopic (exact) mass is 379 g/mol. The first-order chi connectivity index (χ1) is 13.1. The molecule has 0 aliphatic heterocycles. The van der Waals surface area contributed by atoms with Gasteiger partial charge in [-0.25, -0.2) is 10.2 Å². The second kappa shape index (κ2) is 6.93. The Morgan fingerprint density at radius 3 is 2.44 bits per heavy atom. The summed E-state index contributed by atoms with van der Waals surface area (Å²) in [6, 6.07) is 17.6. The van der Waals surface area contributed by atoms with Gasteiger partial charge in [0.2, 0.25) is 0 Å². The minimum Gasteiger partial charge on any atom is -0.477 e. The van der Waals surface area contributed by atoms with Crippen molar-refractivity contribution in [2.45, 2.75) is 0 Å². The zero-order valence-corrected chi connectivity index (χ0v) is 14.6. The number of benzene rings is 2. The van der Waals surface area contributed by atoms with Crippen molar-refractivity contribution in [2.24, 2.45) is 0 Å². The lowest BCUT2D eigenvalue weighted by Crippen LogP contribution is -2.23. The van der Waals surface area contributed by atoms with Gasteiger partial charge in [0.25, 0.3) is 5.91 Å². The molecule has 2 heterocycles. The lowest BCUT2D eigenvalue weighted by atomic mass is 10.2. The van der Waals surface area contributed by atoms with Crippen molar-refractivity contribution < 1.29 is 19.4 Å². The molecule has 0 atom stereocenters. The number of aromatic carboxylic acids is 1. The maximum atomic E-state index is 12.4. The zero-order valence-electron chi connectivity index (χ0n) is 13.8. The molecule has 0 saturated carbocycles. The van der Waals surface area contributed by atoms with E-state index in [0.717, 1.165) is 11.3 Å². The highest BCUT2D eigenvalue weighted by Gasteiger charge is 2.14. The molecule has 2 aromatic heterocycles. The van der Waals surface area contributed by atoms with Crippen molar-refractivity contribution in [3.05, 3.63) is 77.3 Å². The molecule has 0 saturated heterocycles. The predicted octanol–water partition coefficient (Wildman–Crippen LogP) is 3.97. The van der Waals surface area contributed by atoms with Crippen molar-refractivity contribution in [2.75, 3.05) is 5.43 Å². The lowest BCUT2D eigenvalue weighted by Gasteiger charge is -2.08. The van der Waals surface area contributed by atoms with Crippen LogP contribution < -0.4 is 10.2 Å². The van der Waals surface area contributed by atoms with E-state index >= 15 is 0 Å². The van der Waals surface area contributed by atoms with Gasteiger partial charge in [-0.15, -0.1) is 11.3 Å². The van der Waals surface area contributed by atoms with Crippen molar-refractivity contribution in [1.82, 2.24) is 9.89 Å². The van der Waals surface area contributed by atoms with Crippen LogP contribution >= 0.6 is 11.3 Å². The Kier molecular flexibility index (Phi) is 4.31. The normalized spacial score (nSPS) is 10.7. The third kappa shape index (κ3) is 3.51. The number of carbonyl (C=O) groups is 2. The van der Waals surface area contributed by atoms with Crippen LogP contribution in [-0.2, 0) is 0 Å². The molecule has 0 bridgehead atoms. The van der Waals surface area contributed by atoms with E-state index in [0.29, 0.717) is 27.3 Å². The number of carbonyl (C=O) groups excluding carboxylic acids is 1. The first-order valence-corrected chi connectivity index (χ1v) is 8.77. The van der Waals surface area contributed by atoms with Gasteiger partial charge in [-0.2, -0.15) is 9.89 Å². The van der Waals surface area contributed by atoms with E-state index in [4.69, 9.17) is 9.84 Å². The Bertz CT molecular complexity index is 1120. The van der Waals surface area contributed by atoms with Crippen LogP contribution in [0.1, 0.15) is 20.0 Å². The molecular formula is C19H13N3O4S. The number of fused-ring (bicyclic) bond motifs is 1. The molecule has 1 amide bonds. The van der Waals surface area contributed by atoms with Crippen LogP contribution in [0, 0.1) is 0 Å². The van der Waals surface area contributed by atoms with Gasteiger partial charge >= 0.3 is 5.97 Å². The Labute approximate surface area is 157 Å². The third-order valence-corrected chi connectivity index (χ3v) is 4.87. The van der Waals surface area contributed by atoms with Gasteiger partial charge in [0.15, 0.2) is 0 Å². The maximum absolute atomic E-state index is 12.4. The highest BCUT2D eigenvalue weighted by molar-refractivity contribution is 7.20. The molecule has 2 N–H and O–H groups in total. The van der Waals surface area contributed by atoms with Gasteiger partial charge in [0.1, 0.15) is 21.2 Å². The standard InChI is InChI=1S/C19H13N3O4S/c23-17(21-22-18-13(11-20-22)10-16(27-18)19(24)25)12-6-8-15(9-7-12)26-14-4-2-1-3-5-14/h1-11H,(H,21,23)(H,24,25). The third-order valence-electron chi connectivity index (χ3n) is 3.76. The van der Waals surface area contributed by atoms with E-state index in [2.05, 4.69) is 10.5 Å². The van der Waals surface area contributed by atoms with Crippen LogP contribution in [-0.4, -0.2) is 26.9 Å². The molecule has 0 aliphatic rings. The molecule has 0 radical (unpaired) electrons. The van der Waals surface area contributed by atoms with E-state index in [1.54, 1.807) is 24.3 Å². The Hall–Kier alpha value is -3.65. The molecule has 8 heteroatoms. The summed E-state index contributed by atoms with van der Waals surface area (Å²) in [5.41, 5.74) is 3.07. The average Bonchev–Trinajstić information content (AvgIpc) is 3.25. The topological polar surface area (TPSA) is 93.5 Å². The number of thiophene rings is 1. The molecule has 27 heavy (non-hydrogen) atoms. The van der Waals surface area contributed by atoms with Gasteiger partial charge < -0.3 is 9.84 Å². The second-order valence-corrected chi connectivity index (χ2v) is 6.64. The molecule has 2 aromatic carbocycles. The number of para-hydroxylation sites is 1. The smallest absolute Gasteiger partial charge is 0.345 e. The number of hydrogen-bond acceptors (Lipinski definition) is 5. The number of carboxylic acids is 1. The van der Waals surface area contributed by atoms with Crippen LogP contribution in [0.15, 0.2) is 66.9 Å². The van der Waals surface area contributed by atoms with Crippen molar-refractivity contribution in [3.8, 4) is 11.5 Å². The van der Waals surface area contributed by atoms with Crippen LogP contribution in [0.5, 0.6) is 11.5 Å². The lowest BCUT2D eigenvalue weighted by molar-refractivity contribution is 0.0702. The van der Waals surface area contributed by atoms with E-state index < -0.39 is 5.97 Å². The van der Waals surface area contributed by atoms with Gasteiger partial charge in [0.05, 0.1) is 6.20 Å². The van der Waals surface area contributed by atoms with E-state index in [1.165, 1.54) is 17.1 Å². The number of carboxylic acid groups (broad SMARTS) is 1. The van der Waals surface area contributed by atoms with Gasteiger partial charge in [0, 0.05) is 10.9 Å². The molecule has 0 unspecified atom stereocenters. The molecule has 4 rings (SSSR count). The Balaban J connectivity index is 1.49. The van der Waals surface area contributed by atoms with Crippen molar-refractivity contribution in [1.29, 1.82) is 0 Å². The van der Waals surface area contributed by atoms with Crippen LogP contribution in [0.4, 0.5) is 0 Å². The number of hydrogen-bond donors (Lipinski definition) is 2. The van der Waals surface area contributed by atoms with Crippen LogP contribution in [0.25, 0.3) is 10.2 Å². The number of aromatic nitrogens is 2. The van der Waals surface area contributed by atoms with E-state index in [1.807, 2.05) is 30.3 Å². The fraction of sp³-hybridized carbons (Fsp3) is 0. The molecule has 4 aromatic rings. The highest BCUT2D eigenvalue weighted by Crippen LogP contribution is 2.25. The maximum Gasteiger partial charge on any atom is 0.345 e. The summed E-state index contributed by atoms with van der Waals surface area (Å²) >= 11 is 1.05. The van der Waals surface area contributed by atoms with Crippen LogP contribution in [0.2, 0.25) is 0 Å². The fourth-order valence-corrected chi connectivity index (χ4v) is 3.36. The number of rotatable bonds is 5. The summed E-state index contributed by atoms with van der Waals surface area (Å²) < 4.78 is 5.70. The van der Waals surface area contributed by atoms with Gasteiger partial charge in [-0.1, -0.05) is 18.2 Å². The number of nitrogens with one attached hydrogen (secondary N) is 1. The zero-order chi connectivity index (χ0) is 18.8. The van der Waals surface area contributed by atoms with E-state index in [9.17, 15) is 9.59 Å². The largest absolute Gasteiger partial charge is 0.477 e. The predicted molar refractivity (Wildman–Crippen MR) is 101 cm³/mol. The first-order valence-electron chi connectivity index (χ1n) is 7.95. The Morgan fingerprint density at radius 1 is 1.04 bits per heavy atom. The summed E-state index contributed by atoms with van der Waals surface area (Å²) in [6.07, 6.45) is 1.51. The molecule has 0 fully saturated rings. The summed E-state index contributed by atoms with van der Waals surface area (Å²) in [5, 5.41) is 13.8. The quantitative estimate of drug-likeness (QED) is 0.547. The van der Waals surface area contributed by atoms with Gasteiger partial charge in [-0.05, 0) is 42.5 Å². The molecule has 0 aliphatic carbocycles. The molecule has 0 spiro atoms. The van der Waals surface area contributed by atoms with Crippen LogP contribution in [0.3, 0.4) is 0 Å². The van der Waals surface area contributed by atoms with Gasteiger partial charge in [-0.3, -0.25) is 4.79 Å². The summed E-state index contributed by atoms with van der Waals surface area (Å²) in [5.74, 6) is -0.0521. The summed E-state index contributed by atoms with van der Waals surface area (Å²) in [6.45, 7) is 0. The minimum absolute atomic E-state index is 0.188. The first kappa shape index (κ1) is 16.8. The number of amides is 1. The summed E-state index contributed by atoms with van der Waals surface area (Å²) in [4.78, 5) is 25.5. The second-order valence-electron chi connectivity index (χ2n) is 5.61.